The Morgan fingerprint density at radius 2 is 1.24 bits per heavy atom. The third-order valence-electron chi connectivity index (χ3n) is 4.68. The van der Waals surface area contributed by atoms with E-state index in [1.165, 1.54) is 44.9 Å². The molecule has 0 aromatic carbocycles. The summed E-state index contributed by atoms with van der Waals surface area (Å²) in [5.41, 5.74) is 0. The van der Waals surface area contributed by atoms with Crippen LogP contribution in [0.4, 0.5) is 0 Å². The second kappa shape index (κ2) is 14.2. The van der Waals surface area contributed by atoms with Crippen molar-refractivity contribution in [1.29, 1.82) is 0 Å². The first-order chi connectivity index (χ1) is 12.1. The third-order valence-corrected chi connectivity index (χ3v) is 5.00. The van der Waals surface area contributed by atoms with Crippen LogP contribution in [0.1, 0.15) is 64.2 Å². The molecule has 7 heteroatoms. The fraction of sp³-hybridized carbons (Fsp3) is 1.00. The second-order valence-electron chi connectivity index (χ2n) is 6.83. The number of hydrogen-bond donors (Lipinski definition) is 5. The molecule has 0 unspecified atom stereocenters. The maximum atomic E-state index is 9.85. The average Bonchev–Trinajstić information content (AvgIpc) is 2.62. The molecule has 0 saturated carbocycles. The molecule has 0 aliphatic carbocycles. The van der Waals surface area contributed by atoms with Gasteiger partial charge in [-0.2, -0.15) is 12.6 Å². The number of aliphatic hydroxyl groups is 4. The number of rotatable bonds is 14. The summed E-state index contributed by atoms with van der Waals surface area (Å²) in [6, 6.07) is 0. The summed E-state index contributed by atoms with van der Waals surface area (Å²) in [4.78, 5) is 0. The molecule has 4 N–H and O–H groups in total. The Labute approximate surface area is 156 Å². The van der Waals surface area contributed by atoms with Crippen molar-refractivity contribution in [3.05, 3.63) is 0 Å². The van der Waals surface area contributed by atoms with Crippen molar-refractivity contribution in [1.82, 2.24) is 0 Å². The Hall–Kier alpha value is 0.110. The lowest BCUT2D eigenvalue weighted by Crippen LogP contribution is -2.59. The Bertz CT molecular complexity index is 318. The summed E-state index contributed by atoms with van der Waals surface area (Å²) in [6.07, 6.45) is 6.08. The number of aliphatic hydroxyl groups excluding tert-OH is 4. The molecular weight excluding hydrogens is 344 g/mol. The predicted octanol–water partition coefficient (Wildman–Crippen LogP) is 1.63. The topological polar surface area (TPSA) is 99.4 Å². The first kappa shape index (κ1) is 23.1. The summed E-state index contributed by atoms with van der Waals surface area (Å²) < 4.78 is 10.8. The van der Waals surface area contributed by atoms with Gasteiger partial charge >= 0.3 is 0 Å². The molecule has 1 heterocycles. The van der Waals surface area contributed by atoms with Crippen LogP contribution in [0.3, 0.4) is 0 Å². The van der Waals surface area contributed by atoms with E-state index in [0.717, 1.165) is 25.0 Å². The van der Waals surface area contributed by atoms with Crippen LogP contribution in [0.2, 0.25) is 0 Å². The zero-order valence-corrected chi connectivity index (χ0v) is 16.0. The van der Waals surface area contributed by atoms with E-state index in [0.29, 0.717) is 6.61 Å². The summed E-state index contributed by atoms with van der Waals surface area (Å²) in [6.45, 7) is -0.00807. The maximum absolute atomic E-state index is 9.85. The number of hydrogen-bond acceptors (Lipinski definition) is 7. The van der Waals surface area contributed by atoms with E-state index in [1.54, 1.807) is 0 Å². The zero-order chi connectivity index (χ0) is 18.5. The van der Waals surface area contributed by atoms with E-state index in [4.69, 9.17) is 14.6 Å². The molecule has 25 heavy (non-hydrogen) atoms. The first-order valence-corrected chi connectivity index (χ1v) is 10.3. The maximum Gasteiger partial charge on any atom is 0.186 e. The van der Waals surface area contributed by atoms with Crippen molar-refractivity contribution in [3.63, 3.8) is 0 Å². The Balaban J connectivity index is 1.99. The van der Waals surface area contributed by atoms with Gasteiger partial charge in [0.05, 0.1) is 6.61 Å². The van der Waals surface area contributed by atoms with Crippen LogP contribution in [-0.4, -0.2) is 70.1 Å². The van der Waals surface area contributed by atoms with Crippen molar-refractivity contribution in [3.8, 4) is 0 Å². The second-order valence-corrected chi connectivity index (χ2v) is 7.27. The number of thiol groups is 1. The molecule has 0 spiro atoms. The van der Waals surface area contributed by atoms with E-state index in [-0.39, 0.29) is 0 Å². The lowest BCUT2D eigenvalue weighted by molar-refractivity contribution is -0.301. The van der Waals surface area contributed by atoms with Gasteiger partial charge in [-0.15, -0.1) is 0 Å². The van der Waals surface area contributed by atoms with Gasteiger partial charge in [-0.1, -0.05) is 51.4 Å². The van der Waals surface area contributed by atoms with Crippen molar-refractivity contribution >= 4 is 12.6 Å². The largest absolute Gasteiger partial charge is 0.394 e. The highest BCUT2D eigenvalue weighted by molar-refractivity contribution is 7.80. The fourth-order valence-corrected chi connectivity index (χ4v) is 3.26. The van der Waals surface area contributed by atoms with E-state index in [2.05, 4.69) is 12.6 Å². The van der Waals surface area contributed by atoms with Gasteiger partial charge in [0, 0.05) is 6.61 Å². The molecule has 0 aromatic heterocycles. The van der Waals surface area contributed by atoms with Crippen LogP contribution in [0, 0.1) is 0 Å². The van der Waals surface area contributed by atoms with Gasteiger partial charge in [0.1, 0.15) is 24.4 Å². The monoisotopic (exact) mass is 380 g/mol. The van der Waals surface area contributed by atoms with E-state index in [1.807, 2.05) is 0 Å². The highest BCUT2D eigenvalue weighted by Gasteiger charge is 2.43. The van der Waals surface area contributed by atoms with Gasteiger partial charge in [0.2, 0.25) is 0 Å². The molecule has 0 amide bonds. The minimum atomic E-state index is -1.37. The molecule has 1 fully saturated rings. The highest BCUT2D eigenvalue weighted by Crippen LogP contribution is 2.22. The normalized spacial score (nSPS) is 29.9. The van der Waals surface area contributed by atoms with Crippen LogP contribution >= 0.6 is 12.6 Å². The molecule has 1 aliphatic rings. The summed E-state index contributed by atoms with van der Waals surface area (Å²) in [7, 11) is 0. The Kier molecular flexibility index (Phi) is 13.2. The van der Waals surface area contributed by atoms with E-state index < -0.39 is 37.3 Å². The molecule has 0 radical (unpaired) electrons. The van der Waals surface area contributed by atoms with Gasteiger partial charge < -0.3 is 29.9 Å². The van der Waals surface area contributed by atoms with E-state index >= 15 is 0 Å². The van der Waals surface area contributed by atoms with Gasteiger partial charge in [-0.3, -0.25) is 0 Å². The minimum Gasteiger partial charge on any atom is -0.394 e. The minimum absolute atomic E-state index is 0.423. The lowest BCUT2D eigenvalue weighted by Gasteiger charge is -2.39. The van der Waals surface area contributed by atoms with Crippen LogP contribution in [-0.2, 0) is 9.47 Å². The summed E-state index contributed by atoms with van der Waals surface area (Å²) in [5, 5.41) is 38.4. The predicted molar refractivity (Wildman–Crippen MR) is 99.7 cm³/mol. The molecule has 5 atom stereocenters. The van der Waals surface area contributed by atoms with Crippen LogP contribution in [0.5, 0.6) is 0 Å². The number of unbranched alkanes of at least 4 members (excludes halogenated alkanes) is 9. The SMILES string of the molecule is OC[C@H]1O[C@@H](OCCCCCCCCCCCCS)[C@H](O)[C@@H](O)[C@H]1O. The summed E-state index contributed by atoms with van der Waals surface area (Å²) >= 11 is 4.21. The molecule has 0 aromatic rings. The molecule has 1 rings (SSSR count). The molecule has 1 saturated heterocycles. The standard InChI is InChI=1S/C18H36O6S/c19-13-14-15(20)16(21)17(22)18(24-14)23-11-9-7-5-3-1-2-4-6-8-10-12-25/h14-22,25H,1-13H2/t14-,15+,16+,17-,18-/m1/s1. The average molecular weight is 381 g/mol. The van der Waals surface area contributed by atoms with Crippen molar-refractivity contribution in [2.45, 2.75) is 94.9 Å². The molecule has 6 nitrogen and oxygen atoms in total. The smallest absolute Gasteiger partial charge is 0.186 e. The van der Waals surface area contributed by atoms with Crippen LogP contribution in [0.25, 0.3) is 0 Å². The van der Waals surface area contributed by atoms with Crippen molar-refractivity contribution < 1.29 is 29.9 Å². The first-order valence-electron chi connectivity index (χ1n) is 9.64. The summed E-state index contributed by atoms with van der Waals surface area (Å²) in [5.74, 6) is 0.991. The van der Waals surface area contributed by atoms with Crippen LogP contribution < -0.4 is 0 Å². The van der Waals surface area contributed by atoms with Gasteiger partial charge in [-0.25, -0.2) is 0 Å². The van der Waals surface area contributed by atoms with Gasteiger partial charge in [0.25, 0.3) is 0 Å². The Morgan fingerprint density at radius 3 is 1.76 bits per heavy atom. The molecular formula is C18H36O6S. The van der Waals surface area contributed by atoms with Gasteiger partial charge in [-0.05, 0) is 18.6 Å². The molecule has 0 bridgehead atoms. The van der Waals surface area contributed by atoms with E-state index in [9.17, 15) is 15.3 Å². The third kappa shape index (κ3) is 9.04. The lowest BCUT2D eigenvalue weighted by atomic mass is 9.99. The number of ether oxygens (including phenoxy) is 2. The molecule has 1 aliphatic heterocycles. The Morgan fingerprint density at radius 1 is 0.720 bits per heavy atom. The van der Waals surface area contributed by atoms with Crippen molar-refractivity contribution in [2.75, 3.05) is 19.0 Å². The molecule has 150 valence electrons. The fourth-order valence-electron chi connectivity index (χ4n) is 3.03. The van der Waals surface area contributed by atoms with Crippen molar-refractivity contribution in [2.24, 2.45) is 0 Å². The van der Waals surface area contributed by atoms with Gasteiger partial charge in [0.15, 0.2) is 6.29 Å². The quantitative estimate of drug-likeness (QED) is 0.232. The van der Waals surface area contributed by atoms with Crippen LogP contribution in [0.15, 0.2) is 0 Å². The highest BCUT2D eigenvalue weighted by atomic mass is 32.1. The zero-order valence-electron chi connectivity index (χ0n) is 15.1.